The van der Waals surface area contributed by atoms with Gasteiger partial charge in [0.05, 0.1) is 11.7 Å². The second kappa shape index (κ2) is 6.60. The average molecular weight is 290 g/mol. The van der Waals surface area contributed by atoms with Crippen molar-refractivity contribution in [2.45, 2.75) is 32.5 Å². The predicted octanol–water partition coefficient (Wildman–Crippen LogP) is 2.91. The van der Waals surface area contributed by atoms with Crippen LogP contribution in [0, 0.1) is 6.92 Å². The first-order valence-electron chi connectivity index (χ1n) is 6.11. The molecule has 0 saturated carbocycles. The number of nitrogens with one attached hydrogen (secondary N) is 2. The van der Waals surface area contributed by atoms with Crippen molar-refractivity contribution >= 4 is 11.7 Å². The second-order valence-electron chi connectivity index (χ2n) is 4.55. The zero-order chi connectivity index (χ0) is 15.3. The Bertz CT molecular complexity index is 473. The van der Waals surface area contributed by atoms with Gasteiger partial charge in [0.2, 0.25) is 0 Å². The number of urea groups is 1. The fourth-order valence-corrected chi connectivity index (χ4v) is 1.58. The van der Waals surface area contributed by atoms with Crippen LogP contribution in [-0.4, -0.2) is 23.8 Å². The van der Waals surface area contributed by atoms with Gasteiger partial charge < -0.3 is 15.7 Å². The summed E-state index contributed by atoms with van der Waals surface area (Å²) in [6.45, 7) is 3.17. The van der Waals surface area contributed by atoms with E-state index in [9.17, 15) is 18.0 Å². The Morgan fingerprint density at radius 3 is 2.60 bits per heavy atom. The molecule has 1 unspecified atom stereocenters. The van der Waals surface area contributed by atoms with Gasteiger partial charge in [-0.15, -0.1) is 0 Å². The van der Waals surface area contributed by atoms with Crippen LogP contribution < -0.4 is 10.6 Å². The van der Waals surface area contributed by atoms with Gasteiger partial charge in [-0.1, -0.05) is 6.07 Å². The van der Waals surface area contributed by atoms with Gasteiger partial charge in [0.15, 0.2) is 0 Å². The smallest absolute Gasteiger partial charge is 0.393 e. The standard InChI is InChI=1S/C13H17F3N2O2/c1-8-3-4-10(7-11(8)13(14,15)16)18-12(20)17-6-5-9(2)19/h3-4,7,9,19H,5-6H2,1-2H3,(H2,17,18,20). The number of aryl methyl sites for hydroxylation is 1. The first kappa shape index (κ1) is 16.3. The van der Waals surface area contributed by atoms with E-state index in [0.717, 1.165) is 6.07 Å². The molecule has 1 rings (SSSR count). The number of aliphatic hydroxyl groups excluding tert-OH is 1. The first-order chi connectivity index (χ1) is 9.20. The van der Waals surface area contributed by atoms with Crippen molar-refractivity contribution in [1.82, 2.24) is 5.32 Å². The zero-order valence-electron chi connectivity index (χ0n) is 11.2. The van der Waals surface area contributed by atoms with Gasteiger partial charge >= 0.3 is 12.2 Å². The van der Waals surface area contributed by atoms with Gasteiger partial charge in [0, 0.05) is 12.2 Å². The van der Waals surface area contributed by atoms with E-state index in [1.165, 1.54) is 19.1 Å². The highest BCUT2D eigenvalue weighted by Crippen LogP contribution is 2.33. The summed E-state index contributed by atoms with van der Waals surface area (Å²) in [7, 11) is 0. The Kier molecular flexibility index (Phi) is 5.38. The SMILES string of the molecule is Cc1ccc(NC(=O)NCCC(C)O)cc1C(F)(F)F. The quantitative estimate of drug-likeness (QED) is 0.798. The minimum Gasteiger partial charge on any atom is -0.393 e. The van der Waals surface area contributed by atoms with Gasteiger partial charge in [0.25, 0.3) is 0 Å². The van der Waals surface area contributed by atoms with Crippen molar-refractivity contribution < 1.29 is 23.1 Å². The number of carbonyl (C=O) groups is 1. The average Bonchev–Trinajstić information content (AvgIpc) is 2.29. The summed E-state index contributed by atoms with van der Waals surface area (Å²) >= 11 is 0. The number of benzene rings is 1. The van der Waals surface area contributed by atoms with Crippen LogP contribution in [0.1, 0.15) is 24.5 Å². The fourth-order valence-electron chi connectivity index (χ4n) is 1.58. The molecule has 0 radical (unpaired) electrons. The highest BCUT2D eigenvalue weighted by molar-refractivity contribution is 5.89. The Hall–Kier alpha value is -1.76. The van der Waals surface area contributed by atoms with E-state index < -0.39 is 23.9 Å². The normalized spacial score (nSPS) is 12.9. The van der Waals surface area contributed by atoms with Crippen LogP contribution in [-0.2, 0) is 6.18 Å². The highest BCUT2D eigenvalue weighted by Gasteiger charge is 2.32. The Balaban J connectivity index is 2.67. The summed E-state index contributed by atoms with van der Waals surface area (Å²) in [4.78, 5) is 11.5. The monoisotopic (exact) mass is 290 g/mol. The molecule has 1 aromatic rings. The van der Waals surface area contributed by atoms with Crippen molar-refractivity contribution in [3.8, 4) is 0 Å². The number of rotatable bonds is 4. The number of alkyl halides is 3. The summed E-state index contributed by atoms with van der Waals surface area (Å²) in [6, 6.07) is 2.99. The molecule has 7 heteroatoms. The fraction of sp³-hybridized carbons (Fsp3) is 0.462. The van der Waals surface area contributed by atoms with Crippen molar-refractivity contribution in [2.24, 2.45) is 0 Å². The van der Waals surface area contributed by atoms with Gasteiger partial charge in [-0.3, -0.25) is 0 Å². The molecule has 0 aliphatic rings. The van der Waals surface area contributed by atoms with Crippen molar-refractivity contribution in [1.29, 1.82) is 0 Å². The Morgan fingerprint density at radius 1 is 1.40 bits per heavy atom. The molecular formula is C13H17F3N2O2. The molecule has 0 spiro atoms. The number of anilines is 1. The third-order valence-corrected chi connectivity index (χ3v) is 2.65. The molecule has 0 bridgehead atoms. The first-order valence-corrected chi connectivity index (χ1v) is 6.11. The number of amides is 2. The van der Waals surface area contributed by atoms with Crippen LogP contribution in [0.4, 0.5) is 23.7 Å². The summed E-state index contributed by atoms with van der Waals surface area (Å²) in [5.74, 6) is 0. The molecule has 1 atom stereocenters. The molecule has 0 heterocycles. The molecule has 0 aliphatic heterocycles. The maximum atomic E-state index is 12.7. The van der Waals surface area contributed by atoms with Crippen LogP contribution in [0.2, 0.25) is 0 Å². The zero-order valence-corrected chi connectivity index (χ0v) is 11.2. The third-order valence-electron chi connectivity index (χ3n) is 2.65. The molecule has 20 heavy (non-hydrogen) atoms. The number of halogens is 3. The van der Waals surface area contributed by atoms with E-state index in [-0.39, 0.29) is 17.8 Å². The summed E-state index contributed by atoms with van der Waals surface area (Å²) in [5, 5.41) is 13.8. The number of aliphatic hydroxyl groups is 1. The predicted molar refractivity (Wildman–Crippen MR) is 69.5 cm³/mol. The van der Waals surface area contributed by atoms with Crippen LogP contribution in [0.3, 0.4) is 0 Å². The molecular weight excluding hydrogens is 273 g/mol. The molecule has 4 nitrogen and oxygen atoms in total. The van der Waals surface area contributed by atoms with E-state index >= 15 is 0 Å². The lowest BCUT2D eigenvalue weighted by atomic mass is 10.1. The summed E-state index contributed by atoms with van der Waals surface area (Å²) in [5.41, 5.74) is -0.616. The maximum Gasteiger partial charge on any atom is 0.416 e. The number of hydrogen-bond acceptors (Lipinski definition) is 2. The molecule has 3 N–H and O–H groups in total. The van der Waals surface area contributed by atoms with Crippen LogP contribution >= 0.6 is 0 Å². The lowest BCUT2D eigenvalue weighted by Crippen LogP contribution is -2.31. The van der Waals surface area contributed by atoms with Crippen molar-refractivity contribution in [3.63, 3.8) is 0 Å². The lowest BCUT2D eigenvalue weighted by Gasteiger charge is -2.13. The van der Waals surface area contributed by atoms with E-state index in [1.807, 2.05) is 0 Å². The van der Waals surface area contributed by atoms with Gasteiger partial charge in [-0.2, -0.15) is 13.2 Å². The van der Waals surface area contributed by atoms with E-state index in [1.54, 1.807) is 6.92 Å². The van der Waals surface area contributed by atoms with Crippen LogP contribution in [0.25, 0.3) is 0 Å². The second-order valence-corrected chi connectivity index (χ2v) is 4.55. The van der Waals surface area contributed by atoms with Crippen LogP contribution in [0.15, 0.2) is 18.2 Å². The largest absolute Gasteiger partial charge is 0.416 e. The summed E-state index contributed by atoms with van der Waals surface area (Å²) < 4.78 is 38.1. The highest BCUT2D eigenvalue weighted by atomic mass is 19.4. The molecule has 0 aromatic heterocycles. The lowest BCUT2D eigenvalue weighted by molar-refractivity contribution is -0.138. The molecule has 112 valence electrons. The molecule has 2 amide bonds. The Morgan fingerprint density at radius 2 is 2.05 bits per heavy atom. The molecule has 0 fully saturated rings. The van der Waals surface area contributed by atoms with Gasteiger partial charge in [-0.05, 0) is 38.0 Å². The molecule has 0 aliphatic carbocycles. The van der Waals surface area contributed by atoms with E-state index in [2.05, 4.69) is 10.6 Å². The number of hydrogen-bond donors (Lipinski definition) is 3. The summed E-state index contributed by atoms with van der Waals surface area (Å²) in [6.07, 6.45) is -4.63. The van der Waals surface area contributed by atoms with E-state index in [0.29, 0.717) is 6.42 Å². The minimum absolute atomic E-state index is 0.0671. The third kappa shape index (κ3) is 5.08. The minimum atomic E-state index is -4.45. The maximum absolute atomic E-state index is 12.7. The van der Waals surface area contributed by atoms with Crippen molar-refractivity contribution in [2.75, 3.05) is 11.9 Å². The topological polar surface area (TPSA) is 61.4 Å². The van der Waals surface area contributed by atoms with Gasteiger partial charge in [-0.25, -0.2) is 4.79 Å². The van der Waals surface area contributed by atoms with Crippen LogP contribution in [0.5, 0.6) is 0 Å². The molecule has 0 saturated heterocycles. The van der Waals surface area contributed by atoms with Gasteiger partial charge in [0.1, 0.15) is 0 Å². The molecule has 1 aromatic carbocycles. The van der Waals surface area contributed by atoms with Crippen molar-refractivity contribution in [3.05, 3.63) is 29.3 Å². The van der Waals surface area contributed by atoms with E-state index in [4.69, 9.17) is 5.11 Å². The Labute approximate surface area is 115 Å². The number of carbonyl (C=O) groups excluding carboxylic acids is 1.